The summed E-state index contributed by atoms with van der Waals surface area (Å²) in [6, 6.07) is 7.47. The van der Waals surface area contributed by atoms with Crippen LogP contribution in [0.3, 0.4) is 0 Å². The van der Waals surface area contributed by atoms with Crippen LogP contribution >= 0.6 is 0 Å². The molecule has 1 fully saturated rings. The van der Waals surface area contributed by atoms with Crippen LogP contribution in [0.25, 0.3) is 5.57 Å². The summed E-state index contributed by atoms with van der Waals surface area (Å²) in [5.41, 5.74) is 1.86. The van der Waals surface area contributed by atoms with Crippen molar-refractivity contribution in [1.29, 1.82) is 0 Å². The van der Waals surface area contributed by atoms with Gasteiger partial charge in [0.05, 0.1) is 12.2 Å². The minimum absolute atomic E-state index is 0.191. The largest absolute Gasteiger partial charge is 0.494 e. The second-order valence-corrected chi connectivity index (χ2v) is 6.31. The van der Waals surface area contributed by atoms with Crippen LogP contribution in [-0.2, 0) is 9.59 Å². The van der Waals surface area contributed by atoms with Crippen molar-refractivity contribution in [2.75, 3.05) is 26.7 Å². The number of benzene rings is 1. The second kappa shape index (κ2) is 7.07. The lowest BCUT2D eigenvalue weighted by atomic mass is 10.0. The lowest BCUT2D eigenvalue weighted by Gasteiger charge is -2.29. The van der Waals surface area contributed by atoms with Crippen molar-refractivity contribution < 1.29 is 14.3 Å². The Kier molecular flexibility index (Phi) is 4.88. The fourth-order valence-corrected chi connectivity index (χ4v) is 3.24. The first-order chi connectivity index (χ1) is 11.6. The van der Waals surface area contributed by atoms with Crippen LogP contribution in [-0.4, -0.2) is 48.4 Å². The third-order valence-electron chi connectivity index (χ3n) is 4.55. The number of carbonyl (C=O) groups is 2. The highest BCUT2D eigenvalue weighted by Crippen LogP contribution is 2.32. The molecule has 0 saturated carbocycles. The first kappa shape index (κ1) is 16.6. The zero-order chi connectivity index (χ0) is 17.1. The van der Waals surface area contributed by atoms with Crippen LogP contribution in [0, 0.1) is 0 Å². The highest BCUT2D eigenvalue weighted by Gasteiger charge is 2.39. The normalized spacial score (nSPS) is 18.6. The highest BCUT2D eigenvalue weighted by atomic mass is 16.5. The van der Waals surface area contributed by atoms with Gasteiger partial charge in [-0.2, -0.15) is 0 Å². The van der Waals surface area contributed by atoms with Gasteiger partial charge in [-0.05, 0) is 43.4 Å². The average molecular weight is 328 g/mol. The molecule has 0 bridgehead atoms. The Morgan fingerprint density at radius 3 is 2.29 bits per heavy atom. The number of nitrogens with zero attached hydrogens (tertiary/aromatic N) is 2. The minimum atomic E-state index is -0.220. The molecule has 2 amide bonds. The zero-order valence-electron chi connectivity index (χ0n) is 14.4. The second-order valence-electron chi connectivity index (χ2n) is 6.31. The quantitative estimate of drug-likeness (QED) is 0.780. The van der Waals surface area contributed by atoms with E-state index >= 15 is 0 Å². The molecule has 0 spiro atoms. The number of ether oxygens (including phenoxy) is 1. The summed E-state index contributed by atoms with van der Waals surface area (Å²) in [7, 11) is 1.56. The van der Waals surface area contributed by atoms with Crippen LogP contribution in [0.15, 0.2) is 30.0 Å². The number of imide groups is 1. The molecule has 2 heterocycles. The Morgan fingerprint density at radius 1 is 1.00 bits per heavy atom. The Labute approximate surface area is 142 Å². The van der Waals surface area contributed by atoms with Crippen molar-refractivity contribution in [1.82, 2.24) is 9.80 Å². The number of carbonyl (C=O) groups excluding carboxylic acids is 2. The number of hydrogen-bond acceptors (Lipinski definition) is 4. The Morgan fingerprint density at radius 2 is 1.67 bits per heavy atom. The van der Waals surface area contributed by atoms with Gasteiger partial charge < -0.3 is 9.64 Å². The lowest BCUT2D eigenvalue weighted by Crippen LogP contribution is -2.35. The van der Waals surface area contributed by atoms with Gasteiger partial charge in [0, 0.05) is 20.1 Å². The third-order valence-corrected chi connectivity index (χ3v) is 4.55. The summed E-state index contributed by atoms with van der Waals surface area (Å²) in [6.45, 7) is 4.40. The summed E-state index contributed by atoms with van der Waals surface area (Å²) >= 11 is 0. The monoisotopic (exact) mass is 328 g/mol. The van der Waals surface area contributed by atoms with Crippen LogP contribution in [0.5, 0.6) is 5.75 Å². The molecule has 2 aliphatic heterocycles. The van der Waals surface area contributed by atoms with Crippen LogP contribution < -0.4 is 4.74 Å². The van der Waals surface area contributed by atoms with E-state index < -0.39 is 0 Å². The number of rotatable bonds is 5. The molecule has 1 saturated heterocycles. The smallest absolute Gasteiger partial charge is 0.277 e. The molecule has 2 aliphatic rings. The maximum absolute atomic E-state index is 12.6. The molecule has 5 nitrogen and oxygen atoms in total. The molecular formula is C19H24N2O3. The van der Waals surface area contributed by atoms with Crippen LogP contribution in [0.4, 0.5) is 0 Å². The van der Waals surface area contributed by atoms with E-state index in [1.54, 1.807) is 7.05 Å². The molecule has 0 unspecified atom stereocenters. The molecule has 5 heteroatoms. The number of likely N-dealkylation sites (tertiary alicyclic amines) is 1. The predicted molar refractivity (Wildman–Crippen MR) is 92.3 cm³/mol. The van der Waals surface area contributed by atoms with Crippen molar-refractivity contribution in [2.45, 2.75) is 32.6 Å². The van der Waals surface area contributed by atoms with Gasteiger partial charge in [-0.1, -0.05) is 19.1 Å². The van der Waals surface area contributed by atoms with Gasteiger partial charge in [0.1, 0.15) is 11.4 Å². The van der Waals surface area contributed by atoms with E-state index in [1.807, 2.05) is 24.3 Å². The van der Waals surface area contributed by atoms with E-state index in [0.29, 0.717) is 17.9 Å². The van der Waals surface area contributed by atoms with Gasteiger partial charge in [0.25, 0.3) is 11.8 Å². The fraction of sp³-hybridized carbons (Fsp3) is 0.474. The van der Waals surface area contributed by atoms with Gasteiger partial charge in [-0.3, -0.25) is 14.5 Å². The number of likely N-dealkylation sites (N-methyl/N-ethyl adjacent to an activating group) is 1. The van der Waals surface area contributed by atoms with Crippen molar-refractivity contribution in [2.24, 2.45) is 0 Å². The maximum Gasteiger partial charge on any atom is 0.277 e. The average Bonchev–Trinajstić information content (AvgIpc) is 2.85. The first-order valence-electron chi connectivity index (χ1n) is 8.68. The third kappa shape index (κ3) is 3.03. The minimum Gasteiger partial charge on any atom is -0.494 e. The number of hydrogen-bond donors (Lipinski definition) is 0. The molecule has 0 atom stereocenters. The van der Waals surface area contributed by atoms with E-state index in [1.165, 1.54) is 11.3 Å². The van der Waals surface area contributed by atoms with Crippen molar-refractivity contribution in [3.63, 3.8) is 0 Å². The fourth-order valence-electron chi connectivity index (χ4n) is 3.24. The molecule has 1 aromatic rings. The Hall–Kier alpha value is -2.30. The summed E-state index contributed by atoms with van der Waals surface area (Å²) in [4.78, 5) is 28.5. The SMILES string of the molecule is CCCOc1ccc(C2=C(N3CCCCC3)C(=O)N(C)C2=O)cc1. The molecule has 0 N–H and O–H groups in total. The van der Waals surface area contributed by atoms with Crippen molar-refractivity contribution in [3.05, 3.63) is 35.5 Å². The van der Waals surface area contributed by atoms with Gasteiger partial charge in [0.15, 0.2) is 0 Å². The Balaban J connectivity index is 1.95. The van der Waals surface area contributed by atoms with Gasteiger partial charge in [-0.25, -0.2) is 0 Å². The molecule has 128 valence electrons. The number of amides is 2. The molecule has 3 rings (SSSR count). The first-order valence-corrected chi connectivity index (χ1v) is 8.68. The molecule has 0 aromatic heterocycles. The summed E-state index contributed by atoms with van der Waals surface area (Å²) in [6.07, 6.45) is 4.25. The van der Waals surface area contributed by atoms with Gasteiger partial charge in [0.2, 0.25) is 0 Å². The van der Waals surface area contributed by atoms with E-state index in [4.69, 9.17) is 4.74 Å². The molecule has 0 aliphatic carbocycles. The molecule has 1 aromatic carbocycles. The van der Waals surface area contributed by atoms with E-state index in [0.717, 1.165) is 43.7 Å². The predicted octanol–water partition coefficient (Wildman–Crippen LogP) is 2.67. The summed E-state index contributed by atoms with van der Waals surface area (Å²) in [5, 5.41) is 0. The Bertz CT molecular complexity index is 658. The highest BCUT2D eigenvalue weighted by molar-refractivity contribution is 6.35. The maximum atomic E-state index is 12.6. The lowest BCUT2D eigenvalue weighted by molar-refractivity contribution is -0.136. The number of piperidine rings is 1. The standard InChI is InChI=1S/C19H24N2O3/c1-3-13-24-15-9-7-14(8-10-15)16-17(19(23)20(2)18(16)22)21-11-5-4-6-12-21/h7-10H,3-6,11-13H2,1-2H3. The van der Waals surface area contributed by atoms with E-state index in [-0.39, 0.29) is 11.8 Å². The summed E-state index contributed by atoms with van der Waals surface area (Å²) < 4.78 is 5.60. The van der Waals surface area contributed by atoms with E-state index in [9.17, 15) is 9.59 Å². The molecule has 24 heavy (non-hydrogen) atoms. The molecular weight excluding hydrogens is 304 g/mol. The van der Waals surface area contributed by atoms with Gasteiger partial charge >= 0.3 is 0 Å². The zero-order valence-corrected chi connectivity index (χ0v) is 14.4. The van der Waals surface area contributed by atoms with E-state index in [2.05, 4.69) is 11.8 Å². The van der Waals surface area contributed by atoms with Crippen LogP contribution in [0.2, 0.25) is 0 Å². The van der Waals surface area contributed by atoms with Crippen LogP contribution in [0.1, 0.15) is 38.2 Å². The van der Waals surface area contributed by atoms with Crippen molar-refractivity contribution in [3.8, 4) is 5.75 Å². The van der Waals surface area contributed by atoms with Gasteiger partial charge in [-0.15, -0.1) is 0 Å². The molecule has 0 radical (unpaired) electrons. The van der Waals surface area contributed by atoms with Crippen molar-refractivity contribution >= 4 is 17.4 Å². The summed E-state index contributed by atoms with van der Waals surface area (Å²) in [5.74, 6) is 0.372. The topological polar surface area (TPSA) is 49.9 Å².